The summed E-state index contributed by atoms with van der Waals surface area (Å²) < 4.78 is 37.7. The highest BCUT2D eigenvalue weighted by atomic mass is 35.5. The largest absolute Gasteiger partial charge is 0.406 e. The third-order valence-electron chi connectivity index (χ3n) is 3.03. The summed E-state index contributed by atoms with van der Waals surface area (Å²) in [4.78, 5) is 17.1. The molecule has 0 unspecified atom stereocenters. The summed E-state index contributed by atoms with van der Waals surface area (Å²) >= 11 is 5.97. The number of aromatic nitrogens is 1. The maximum Gasteiger partial charge on any atom is 0.406 e. The molecule has 1 saturated carbocycles. The van der Waals surface area contributed by atoms with Gasteiger partial charge in [-0.15, -0.1) is 0 Å². The first kappa shape index (κ1) is 15.9. The van der Waals surface area contributed by atoms with Gasteiger partial charge in [0.1, 0.15) is 12.4 Å². The lowest BCUT2D eigenvalue weighted by Crippen LogP contribution is -2.40. The molecule has 0 spiro atoms. The van der Waals surface area contributed by atoms with E-state index in [0.29, 0.717) is 25.2 Å². The van der Waals surface area contributed by atoms with Crippen molar-refractivity contribution in [2.75, 3.05) is 18.4 Å². The van der Waals surface area contributed by atoms with Crippen molar-refractivity contribution in [3.05, 3.63) is 22.8 Å². The fraction of sp³-hybridized carbons (Fsp3) is 0.538. The number of hydrogen-bond donors (Lipinski definition) is 1. The standard InChI is InChI=1S/C13H15ClF3N3O/c1-2-18-11-10(14)5-8(6-19-11)12(21)20(9-3-4-9)7-13(15,16)17/h5-6,9H,2-4,7H2,1H3,(H,18,19). The minimum Gasteiger partial charge on any atom is -0.369 e. The van der Waals surface area contributed by atoms with Crippen LogP contribution in [0.15, 0.2) is 12.3 Å². The highest BCUT2D eigenvalue weighted by molar-refractivity contribution is 6.33. The van der Waals surface area contributed by atoms with Gasteiger partial charge in [0, 0.05) is 18.8 Å². The number of alkyl halides is 3. The SMILES string of the molecule is CCNc1ncc(C(=O)N(CC(F)(F)F)C2CC2)cc1Cl. The second-order valence-corrected chi connectivity index (χ2v) is 5.27. The molecule has 1 fully saturated rings. The van der Waals surface area contributed by atoms with Crippen LogP contribution >= 0.6 is 11.6 Å². The zero-order chi connectivity index (χ0) is 15.6. The van der Waals surface area contributed by atoms with Crippen LogP contribution < -0.4 is 5.32 Å². The van der Waals surface area contributed by atoms with E-state index in [0.717, 1.165) is 4.90 Å². The van der Waals surface area contributed by atoms with Crippen molar-refractivity contribution in [3.63, 3.8) is 0 Å². The molecule has 1 N–H and O–H groups in total. The number of nitrogens with one attached hydrogen (secondary N) is 1. The Bertz CT molecular complexity index is 532. The molecular weight excluding hydrogens is 307 g/mol. The van der Waals surface area contributed by atoms with Gasteiger partial charge in [0.05, 0.1) is 10.6 Å². The number of nitrogens with zero attached hydrogens (tertiary/aromatic N) is 2. The van der Waals surface area contributed by atoms with Gasteiger partial charge in [-0.25, -0.2) is 4.98 Å². The molecule has 0 atom stereocenters. The molecule has 1 aromatic heterocycles. The summed E-state index contributed by atoms with van der Waals surface area (Å²) in [6.07, 6.45) is -1.98. The van der Waals surface area contributed by atoms with Crippen molar-refractivity contribution in [1.29, 1.82) is 0 Å². The van der Waals surface area contributed by atoms with Crippen molar-refractivity contribution < 1.29 is 18.0 Å². The van der Waals surface area contributed by atoms with Crippen LogP contribution in [0.25, 0.3) is 0 Å². The molecule has 8 heteroatoms. The topological polar surface area (TPSA) is 45.2 Å². The van der Waals surface area contributed by atoms with Crippen LogP contribution in [0.2, 0.25) is 5.02 Å². The molecule has 0 aromatic carbocycles. The molecule has 4 nitrogen and oxygen atoms in total. The zero-order valence-corrected chi connectivity index (χ0v) is 12.1. The minimum absolute atomic E-state index is 0.0674. The molecule has 0 saturated heterocycles. The molecular formula is C13H15ClF3N3O. The van der Waals surface area contributed by atoms with Crippen molar-refractivity contribution in [2.24, 2.45) is 0 Å². The fourth-order valence-electron chi connectivity index (χ4n) is 1.96. The van der Waals surface area contributed by atoms with Gasteiger partial charge in [-0.1, -0.05) is 11.6 Å². The lowest BCUT2D eigenvalue weighted by Gasteiger charge is -2.23. The molecule has 1 amide bonds. The predicted octanol–water partition coefficient (Wildman–Crippen LogP) is 3.33. The van der Waals surface area contributed by atoms with E-state index in [4.69, 9.17) is 11.6 Å². The van der Waals surface area contributed by atoms with E-state index in [1.54, 1.807) is 0 Å². The molecule has 21 heavy (non-hydrogen) atoms. The molecule has 116 valence electrons. The van der Waals surface area contributed by atoms with Gasteiger partial charge < -0.3 is 10.2 Å². The Balaban J connectivity index is 2.19. The average molecular weight is 322 g/mol. The number of hydrogen-bond acceptors (Lipinski definition) is 3. The summed E-state index contributed by atoms with van der Waals surface area (Å²) in [5.74, 6) is -0.281. The zero-order valence-electron chi connectivity index (χ0n) is 11.4. The number of amides is 1. The van der Waals surface area contributed by atoms with Gasteiger partial charge >= 0.3 is 6.18 Å². The number of anilines is 1. The highest BCUT2D eigenvalue weighted by Gasteiger charge is 2.41. The quantitative estimate of drug-likeness (QED) is 0.904. The Kier molecular flexibility index (Phi) is 4.61. The van der Waals surface area contributed by atoms with E-state index in [1.807, 2.05) is 6.92 Å². The second kappa shape index (κ2) is 6.09. The molecule has 1 heterocycles. The van der Waals surface area contributed by atoms with Gasteiger partial charge in [-0.2, -0.15) is 13.2 Å². The van der Waals surface area contributed by atoms with E-state index < -0.39 is 18.6 Å². The van der Waals surface area contributed by atoms with Gasteiger partial charge in [0.25, 0.3) is 5.91 Å². The van der Waals surface area contributed by atoms with Crippen molar-refractivity contribution in [3.8, 4) is 0 Å². The summed E-state index contributed by atoms with van der Waals surface area (Å²) in [5, 5.41) is 3.11. The highest BCUT2D eigenvalue weighted by Crippen LogP contribution is 2.32. The summed E-state index contributed by atoms with van der Waals surface area (Å²) in [7, 11) is 0. The molecule has 0 bridgehead atoms. The van der Waals surface area contributed by atoms with E-state index in [1.165, 1.54) is 12.3 Å². The number of carbonyl (C=O) groups is 1. The molecule has 0 aliphatic heterocycles. The molecule has 2 rings (SSSR count). The second-order valence-electron chi connectivity index (χ2n) is 4.86. The van der Waals surface area contributed by atoms with E-state index >= 15 is 0 Å². The van der Waals surface area contributed by atoms with Crippen LogP contribution in [0.3, 0.4) is 0 Å². The Hall–Kier alpha value is -1.50. The van der Waals surface area contributed by atoms with Crippen LogP contribution in [0.5, 0.6) is 0 Å². The Labute approximate surface area is 125 Å². The number of carbonyl (C=O) groups excluding carboxylic acids is 1. The van der Waals surface area contributed by atoms with Crippen LogP contribution in [-0.2, 0) is 0 Å². The van der Waals surface area contributed by atoms with Crippen LogP contribution in [0.4, 0.5) is 19.0 Å². The van der Waals surface area contributed by atoms with Gasteiger partial charge in [-0.05, 0) is 25.8 Å². The number of halogens is 4. The molecule has 1 aromatic rings. The first-order valence-electron chi connectivity index (χ1n) is 6.59. The molecule has 1 aliphatic rings. The predicted molar refractivity (Wildman–Crippen MR) is 73.5 cm³/mol. The van der Waals surface area contributed by atoms with Crippen molar-refractivity contribution in [1.82, 2.24) is 9.88 Å². The van der Waals surface area contributed by atoms with Crippen LogP contribution in [0.1, 0.15) is 30.1 Å². The van der Waals surface area contributed by atoms with Gasteiger partial charge in [0.15, 0.2) is 0 Å². The molecule has 1 aliphatic carbocycles. The Morgan fingerprint density at radius 2 is 2.19 bits per heavy atom. The van der Waals surface area contributed by atoms with Gasteiger partial charge in [-0.3, -0.25) is 4.79 Å². The Morgan fingerprint density at radius 1 is 1.52 bits per heavy atom. The first-order chi connectivity index (χ1) is 9.81. The van der Waals surface area contributed by atoms with E-state index in [9.17, 15) is 18.0 Å². The van der Waals surface area contributed by atoms with Gasteiger partial charge in [0.2, 0.25) is 0 Å². The first-order valence-corrected chi connectivity index (χ1v) is 6.96. The van der Waals surface area contributed by atoms with Crippen LogP contribution in [-0.4, -0.2) is 41.1 Å². The lowest BCUT2D eigenvalue weighted by atomic mass is 10.2. The summed E-state index contributed by atoms with van der Waals surface area (Å²) in [5.41, 5.74) is 0.0674. The minimum atomic E-state index is -4.42. The van der Waals surface area contributed by atoms with Crippen LogP contribution in [0, 0.1) is 0 Å². The average Bonchev–Trinajstić information content (AvgIpc) is 3.21. The number of rotatable bonds is 5. The molecule has 0 radical (unpaired) electrons. The monoisotopic (exact) mass is 321 g/mol. The Morgan fingerprint density at radius 3 is 2.67 bits per heavy atom. The maximum absolute atomic E-state index is 12.6. The number of pyridine rings is 1. The fourth-order valence-corrected chi connectivity index (χ4v) is 2.20. The van der Waals surface area contributed by atoms with E-state index in [2.05, 4.69) is 10.3 Å². The summed E-state index contributed by atoms with van der Waals surface area (Å²) in [6, 6.07) is 1.01. The third-order valence-corrected chi connectivity index (χ3v) is 3.32. The third kappa shape index (κ3) is 4.23. The summed E-state index contributed by atoms with van der Waals surface area (Å²) in [6.45, 7) is 1.21. The maximum atomic E-state index is 12.6. The van der Waals surface area contributed by atoms with Crippen molar-refractivity contribution in [2.45, 2.75) is 32.0 Å². The lowest BCUT2D eigenvalue weighted by molar-refractivity contribution is -0.141. The smallest absolute Gasteiger partial charge is 0.369 e. The van der Waals surface area contributed by atoms with Crippen molar-refractivity contribution >= 4 is 23.3 Å². The van der Waals surface area contributed by atoms with E-state index in [-0.39, 0.29) is 16.6 Å². The normalized spacial score (nSPS) is 14.9.